The molecule has 0 spiro atoms. The number of rotatable bonds is 3. The van der Waals surface area contributed by atoms with Crippen molar-refractivity contribution < 1.29 is 13.2 Å². The summed E-state index contributed by atoms with van der Waals surface area (Å²) in [5, 5.41) is 0.727. The Labute approximate surface area is 133 Å². The van der Waals surface area contributed by atoms with Crippen LogP contribution in [0.4, 0.5) is 18.9 Å². The third-order valence-electron chi connectivity index (χ3n) is 3.30. The molecule has 1 fully saturated rings. The number of nitrogens with zero attached hydrogens (tertiary/aromatic N) is 2. The number of anilines is 1. The van der Waals surface area contributed by atoms with Gasteiger partial charge in [0.2, 0.25) is 0 Å². The molecule has 1 heterocycles. The van der Waals surface area contributed by atoms with Crippen LogP contribution in [0.3, 0.4) is 0 Å². The summed E-state index contributed by atoms with van der Waals surface area (Å²) >= 11 is 6.89. The van der Waals surface area contributed by atoms with Gasteiger partial charge in [-0.1, -0.05) is 31.9 Å². The van der Waals surface area contributed by atoms with E-state index in [0.29, 0.717) is 26.2 Å². The molecule has 0 aliphatic carbocycles. The van der Waals surface area contributed by atoms with Crippen molar-refractivity contribution in [2.45, 2.75) is 11.5 Å². The molecule has 1 aliphatic rings. The van der Waals surface area contributed by atoms with Gasteiger partial charge in [0.05, 0.1) is 6.54 Å². The molecule has 0 N–H and O–H groups in total. The number of piperazine rings is 1. The monoisotopic (exact) mass is 414 g/mol. The summed E-state index contributed by atoms with van der Waals surface area (Å²) in [4.78, 5) is 3.61. The van der Waals surface area contributed by atoms with Crippen LogP contribution in [0.15, 0.2) is 22.7 Å². The Morgan fingerprint density at radius 1 is 1.10 bits per heavy atom. The topological polar surface area (TPSA) is 6.48 Å². The second-order valence-corrected chi connectivity index (χ2v) is 6.26. The van der Waals surface area contributed by atoms with Crippen molar-refractivity contribution in [3.8, 4) is 0 Å². The van der Waals surface area contributed by atoms with Gasteiger partial charge in [-0.15, -0.1) is 0 Å². The fraction of sp³-hybridized carbons (Fsp3) is 0.538. The number of hydrogen-bond donors (Lipinski definition) is 0. The maximum absolute atomic E-state index is 12.4. The van der Waals surface area contributed by atoms with Crippen LogP contribution in [0.5, 0.6) is 0 Å². The molecule has 1 aromatic carbocycles. The van der Waals surface area contributed by atoms with Crippen LogP contribution in [0.25, 0.3) is 0 Å². The van der Waals surface area contributed by atoms with E-state index in [1.54, 1.807) is 0 Å². The second-order valence-electron chi connectivity index (χ2n) is 4.79. The van der Waals surface area contributed by atoms with Crippen molar-refractivity contribution in [2.75, 3.05) is 37.6 Å². The first-order chi connectivity index (χ1) is 9.39. The first-order valence-corrected chi connectivity index (χ1v) is 8.19. The summed E-state index contributed by atoms with van der Waals surface area (Å²) in [6, 6.07) is 6.01. The number of hydrogen-bond acceptors (Lipinski definition) is 2. The van der Waals surface area contributed by atoms with Gasteiger partial charge >= 0.3 is 6.18 Å². The van der Waals surface area contributed by atoms with Crippen molar-refractivity contribution in [1.29, 1.82) is 0 Å². The van der Waals surface area contributed by atoms with E-state index in [4.69, 9.17) is 0 Å². The molecule has 1 aliphatic heterocycles. The standard InChI is InChI=1S/C13H15Br2F3N2/c14-8-10-7-11(15)1-2-12(10)20-5-3-19(4-6-20)9-13(16,17)18/h1-2,7H,3-6,8-9H2. The molecular weight excluding hydrogens is 401 g/mol. The zero-order valence-corrected chi connectivity index (χ0v) is 13.9. The van der Waals surface area contributed by atoms with Gasteiger partial charge in [0, 0.05) is 41.7 Å². The maximum Gasteiger partial charge on any atom is 0.401 e. The van der Waals surface area contributed by atoms with Crippen LogP contribution in [0.1, 0.15) is 5.56 Å². The van der Waals surface area contributed by atoms with Gasteiger partial charge < -0.3 is 4.90 Å². The van der Waals surface area contributed by atoms with Crippen molar-refractivity contribution in [2.24, 2.45) is 0 Å². The van der Waals surface area contributed by atoms with Crippen LogP contribution < -0.4 is 4.90 Å². The van der Waals surface area contributed by atoms with E-state index >= 15 is 0 Å². The summed E-state index contributed by atoms with van der Waals surface area (Å²) < 4.78 is 38.1. The Morgan fingerprint density at radius 2 is 1.75 bits per heavy atom. The van der Waals surface area contributed by atoms with Gasteiger partial charge in [-0.3, -0.25) is 4.90 Å². The average Bonchev–Trinajstić information content (AvgIpc) is 2.38. The minimum Gasteiger partial charge on any atom is -0.369 e. The Bertz CT molecular complexity index is 457. The Morgan fingerprint density at radius 3 is 2.30 bits per heavy atom. The first kappa shape index (κ1) is 16.1. The Hall–Kier alpha value is -0.270. The van der Waals surface area contributed by atoms with Gasteiger partial charge in [-0.05, 0) is 23.8 Å². The molecule has 2 nitrogen and oxygen atoms in total. The summed E-state index contributed by atoms with van der Waals surface area (Å²) in [6.07, 6.45) is -4.11. The molecule has 0 unspecified atom stereocenters. The van der Waals surface area contributed by atoms with Crippen molar-refractivity contribution in [3.05, 3.63) is 28.2 Å². The molecular formula is C13H15Br2F3N2. The Balaban J connectivity index is 2.00. The molecule has 112 valence electrons. The lowest BCUT2D eigenvalue weighted by Crippen LogP contribution is -2.49. The van der Waals surface area contributed by atoms with Crippen LogP contribution in [-0.2, 0) is 5.33 Å². The Kier molecular flexibility index (Phi) is 5.36. The molecule has 0 atom stereocenters. The van der Waals surface area contributed by atoms with Crippen LogP contribution in [0.2, 0.25) is 0 Å². The molecule has 0 radical (unpaired) electrons. The highest BCUT2D eigenvalue weighted by atomic mass is 79.9. The van der Waals surface area contributed by atoms with E-state index in [0.717, 1.165) is 21.1 Å². The molecule has 0 amide bonds. The lowest BCUT2D eigenvalue weighted by atomic mass is 10.1. The smallest absolute Gasteiger partial charge is 0.369 e. The van der Waals surface area contributed by atoms with Gasteiger partial charge in [0.1, 0.15) is 0 Å². The molecule has 1 aromatic rings. The predicted molar refractivity (Wildman–Crippen MR) is 81.5 cm³/mol. The maximum atomic E-state index is 12.4. The lowest BCUT2D eigenvalue weighted by molar-refractivity contribution is -0.146. The zero-order chi connectivity index (χ0) is 14.8. The molecule has 0 saturated carbocycles. The van der Waals surface area contributed by atoms with E-state index < -0.39 is 12.7 Å². The first-order valence-electron chi connectivity index (χ1n) is 6.27. The normalized spacial score (nSPS) is 17.6. The molecule has 20 heavy (non-hydrogen) atoms. The average molecular weight is 416 g/mol. The summed E-state index contributed by atoms with van der Waals surface area (Å²) in [7, 11) is 0. The summed E-state index contributed by atoms with van der Waals surface area (Å²) in [6.45, 7) is 1.32. The van der Waals surface area contributed by atoms with Gasteiger partial charge in [-0.2, -0.15) is 13.2 Å². The highest BCUT2D eigenvalue weighted by molar-refractivity contribution is 9.10. The predicted octanol–water partition coefficient (Wildman–Crippen LogP) is 4.03. The highest BCUT2D eigenvalue weighted by Crippen LogP contribution is 2.28. The molecule has 7 heteroatoms. The van der Waals surface area contributed by atoms with Crippen LogP contribution >= 0.6 is 31.9 Å². The number of alkyl halides is 4. The second kappa shape index (κ2) is 6.66. The number of halogens is 5. The largest absolute Gasteiger partial charge is 0.401 e. The highest BCUT2D eigenvalue weighted by Gasteiger charge is 2.32. The SMILES string of the molecule is FC(F)(F)CN1CCN(c2ccc(Br)cc2CBr)CC1. The quantitative estimate of drug-likeness (QED) is 0.687. The molecule has 0 bridgehead atoms. The molecule has 0 aromatic heterocycles. The van der Waals surface area contributed by atoms with E-state index in [1.165, 1.54) is 4.90 Å². The van der Waals surface area contributed by atoms with E-state index in [1.807, 2.05) is 18.2 Å². The van der Waals surface area contributed by atoms with E-state index in [-0.39, 0.29) is 0 Å². The van der Waals surface area contributed by atoms with Gasteiger partial charge in [0.25, 0.3) is 0 Å². The molecule has 2 rings (SSSR count). The van der Waals surface area contributed by atoms with Crippen molar-refractivity contribution in [1.82, 2.24) is 4.90 Å². The van der Waals surface area contributed by atoms with Crippen LogP contribution in [-0.4, -0.2) is 43.8 Å². The fourth-order valence-corrected chi connectivity index (χ4v) is 3.23. The van der Waals surface area contributed by atoms with Crippen LogP contribution in [0, 0.1) is 0 Å². The summed E-state index contributed by atoms with van der Waals surface area (Å²) in [5.41, 5.74) is 2.24. The lowest BCUT2D eigenvalue weighted by Gasteiger charge is -2.37. The third kappa shape index (κ3) is 4.36. The van der Waals surface area contributed by atoms with Crippen molar-refractivity contribution >= 4 is 37.5 Å². The van der Waals surface area contributed by atoms with Gasteiger partial charge in [-0.25, -0.2) is 0 Å². The summed E-state index contributed by atoms with van der Waals surface area (Å²) in [5.74, 6) is 0. The van der Waals surface area contributed by atoms with Gasteiger partial charge in [0.15, 0.2) is 0 Å². The third-order valence-corrected chi connectivity index (χ3v) is 4.40. The zero-order valence-electron chi connectivity index (χ0n) is 10.8. The van der Waals surface area contributed by atoms with Crippen molar-refractivity contribution in [3.63, 3.8) is 0 Å². The minimum absolute atomic E-state index is 0.442. The van der Waals surface area contributed by atoms with E-state index in [2.05, 4.69) is 36.8 Å². The number of benzene rings is 1. The molecule has 1 saturated heterocycles. The fourth-order valence-electron chi connectivity index (χ4n) is 2.37. The minimum atomic E-state index is -4.11. The van der Waals surface area contributed by atoms with E-state index in [9.17, 15) is 13.2 Å².